The van der Waals surface area contributed by atoms with Crippen LogP contribution in [0.25, 0.3) is 0 Å². The van der Waals surface area contributed by atoms with Gasteiger partial charge in [0.1, 0.15) is 5.82 Å². The van der Waals surface area contributed by atoms with E-state index in [2.05, 4.69) is 9.88 Å². The summed E-state index contributed by atoms with van der Waals surface area (Å²) in [6.07, 6.45) is 0. The highest BCUT2D eigenvalue weighted by Gasteiger charge is 2.23. The molecule has 0 unspecified atom stereocenters. The fraction of sp³-hybridized carbons (Fsp3) is 0.571. The molecule has 1 aliphatic rings. The zero-order chi connectivity index (χ0) is 14.0. The smallest absolute Gasteiger partial charge is 0.225 e. The van der Waals surface area contributed by atoms with Crippen LogP contribution in [0.2, 0.25) is 0 Å². The summed E-state index contributed by atoms with van der Waals surface area (Å²) in [6, 6.07) is 3.84. The van der Waals surface area contributed by atoms with Crippen molar-refractivity contribution in [1.82, 2.24) is 9.88 Å². The first-order chi connectivity index (χ1) is 8.99. The van der Waals surface area contributed by atoms with Gasteiger partial charge in [0.2, 0.25) is 5.91 Å². The van der Waals surface area contributed by atoms with Crippen molar-refractivity contribution in [1.29, 1.82) is 0 Å². The van der Waals surface area contributed by atoms with E-state index in [1.807, 2.05) is 37.8 Å². The van der Waals surface area contributed by atoms with Crippen LogP contribution >= 0.6 is 0 Å². The molecule has 104 valence electrons. The lowest BCUT2D eigenvalue weighted by Crippen LogP contribution is -2.50. The van der Waals surface area contributed by atoms with Crippen molar-refractivity contribution in [2.45, 2.75) is 20.8 Å². The van der Waals surface area contributed by atoms with Crippen LogP contribution in [0.5, 0.6) is 0 Å². The molecule has 0 atom stereocenters. The summed E-state index contributed by atoms with van der Waals surface area (Å²) in [4.78, 5) is 20.6. The number of nitrogens with zero attached hydrogens (tertiary/aromatic N) is 3. The van der Waals surface area contributed by atoms with Crippen molar-refractivity contribution in [3.05, 3.63) is 17.8 Å². The summed E-state index contributed by atoms with van der Waals surface area (Å²) in [6.45, 7) is 8.99. The average Bonchev–Trinajstić information content (AvgIpc) is 2.41. The Morgan fingerprint density at radius 2 is 1.89 bits per heavy atom. The maximum absolute atomic E-state index is 11.9. The van der Waals surface area contributed by atoms with Crippen molar-refractivity contribution in [2.75, 3.05) is 36.8 Å². The number of aromatic nitrogens is 1. The van der Waals surface area contributed by atoms with Gasteiger partial charge >= 0.3 is 0 Å². The first kappa shape index (κ1) is 13.6. The van der Waals surface area contributed by atoms with Crippen molar-refractivity contribution in [3.63, 3.8) is 0 Å². The van der Waals surface area contributed by atoms with E-state index in [9.17, 15) is 4.79 Å². The third-order valence-corrected chi connectivity index (χ3v) is 3.52. The van der Waals surface area contributed by atoms with Gasteiger partial charge in [-0.2, -0.15) is 0 Å². The van der Waals surface area contributed by atoms with Crippen molar-refractivity contribution < 1.29 is 4.79 Å². The van der Waals surface area contributed by atoms with E-state index in [1.165, 1.54) is 0 Å². The number of pyridine rings is 1. The minimum absolute atomic E-state index is 0.0726. The van der Waals surface area contributed by atoms with Crippen LogP contribution in [0, 0.1) is 12.8 Å². The zero-order valence-corrected chi connectivity index (χ0v) is 11.9. The van der Waals surface area contributed by atoms with E-state index in [4.69, 9.17) is 5.73 Å². The van der Waals surface area contributed by atoms with Gasteiger partial charge in [0.05, 0.1) is 11.4 Å². The number of aryl methyl sites for hydroxylation is 1. The van der Waals surface area contributed by atoms with E-state index < -0.39 is 0 Å². The van der Waals surface area contributed by atoms with Gasteiger partial charge in [0.25, 0.3) is 0 Å². The first-order valence-electron chi connectivity index (χ1n) is 6.76. The molecular weight excluding hydrogens is 240 g/mol. The van der Waals surface area contributed by atoms with E-state index in [-0.39, 0.29) is 11.8 Å². The van der Waals surface area contributed by atoms with Gasteiger partial charge in [-0.1, -0.05) is 13.8 Å². The quantitative estimate of drug-likeness (QED) is 0.872. The lowest BCUT2D eigenvalue weighted by atomic mass is 10.1. The Bertz CT molecular complexity index is 465. The molecule has 0 saturated carbocycles. The van der Waals surface area contributed by atoms with Gasteiger partial charge in [0, 0.05) is 32.1 Å². The maximum atomic E-state index is 11.9. The summed E-state index contributed by atoms with van der Waals surface area (Å²) in [5.41, 5.74) is 7.36. The summed E-state index contributed by atoms with van der Waals surface area (Å²) >= 11 is 0. The molecule has 0 aliphatic carbocycles. The predicted molar refractivity (Wildman–Crippen MR) is 77.0 cm³/mol. The molecule has 1 saturated heterocycles. The van der Waals surface area contributed by atoms with Crippen LogP contribution in [0.4, 0.5) is 11.5 Å². The van der Waals surface area contributed by atoms with E-state index in [0.717, 1.165) is 43.4 Å². The highest BCUT2D eigenvalue weighted by atomic mass is 16.2. The topological polar surface area (TPSA) is 62.5 Å². The molecule has 2 N–H and O–H groups in total. The Labute approximate surface area is 114 Å². The van der Waals surface area contributed by atoms with Crippen LogP contribution in [0.15, 0.2) is 12.1 Å². The Morgan fingerprint density at radius 1 is 1.26 bits per heavy atom. The van der Waals surface area contributed by atoms with Crippen LogP contribution in [-0.4, -0.2) is 42.0 Å². The van der Waals surface area contributed by atoms with Gasteiger partial charge in [-0.05, 0) is 19.1 Å². The lowest BCUT2D eigenvalue weighted by molar-refractivity contribution is -0.134. The number of hydrogen-bond donors (Lipinski definition) is 1. The van der Waals surface area contributed by atoms with Gasteiger partial charge < -0.3 is 15.5 Å². The van der Waals surface area contributed by atoms with Gasteiger partial charge in [-0.25, -0.2) is 4.98 Å². The van der Waals surface area contributed by atoms with E-state index in [1.54, 1.807) is 0 Å². The van der Waals surface area contributed by atoms with Crippen LogP contribution in [-0.2, 0) is 4.79 Å². The van der Waals surface area contributed by atoms with Gasteiger partial charge in [-0.3, -0.25) is 4.79 Å². The minimum atomic E-state index is 0.0726. The Hall–Kier alpha value is -1.78. The second-order valence-electron chi connectivity index (χ2n) is 5.31. The third-order valence-electron chi connectivity index (χ3n) is 3.52. The fourth-order valence-corrected chi connectivity index (χ4v) is 2.26. The molecule has 1 aromatic heterocycles. The number of piperazine rings is 1. The molecule has 5 nitrogen and oxygen atoms in total. The minimum Gasteiger partial charge on any atom is -0.397 e. The number of nitrogen functional groups attached to an aromatic ring is 1. The molecule has 1 aromatic rings. The summed E-state index contributed by atoms with van der Waals surface area (Å²) in [7, 11) is 0. The standard InChI is InChI=1S/C14H22N4O/c1-10(2)14(19)18-8-6-17(7-9-18)13-5-4-12(15)11(3)16-13/h4-5,10H,6-9,15H2,1-3H3. The number of amides is 1. The van der Waals surface area contributed by atoms with E-state index >= 15 is 0 Å². The largest absolute Gasteiger partial charge is 0.397 e. The molecule has 0 aromatic carbocycles. The monoisotopic (exact) mass is 262 g/mol. The Kier molecular flexibility index (Phi) is 3.93. The molecule has 0 spiro atoms. The molecule has 19 heavy (non-hydrogen) atoms. The molecule has 1 aliphatic heterocycles. The van der Waals surface area contributed by atoms with Crippen molar-refractivity contribution in [3.8, 4) is 0 Å². The molecule has 1 fully saturated rings. The fourth-order valence-electron chi connectivity index (χ4n) is 2.26. The lowest BCUT2D eigenvalue weighted by Gasteiger charge is -2.36. The number of anilines is 2. The predicted octanol–water partition coefficient (Wildman–Crippen LogP) is 1.28. The number of nitrogens with two attached hydrogens (primary N) is 1. The highest BCUT2D eigenvalue weighted by molar-refractivity contribution is 5.78. The van der Waals surface area contributed by atoms with Crippen molar-refractivity contribution >= 4 is 17.4 Å². The van der Waals surface area contributed by atoms with Crippen LogP contribution in [0.1, 0.15) is 19.5 Å². The van der Waals surface area contributed by atoms with Crippen LogP contribution < -0.4 is 10.6 Å². The SMILES string of the molecule is Cc1nc(N2CCN(C(=O)C(C)C)CC2)ccc1N. The summed E-state index contributed by atoms with van der Waals surface area (Å²) in [5, 5.41) is 0. The summed E-state index contributed by atoms with van der Waals surface area (Å²) in [5.74, 6) is 1.26. The second kappa shape index (κ2) is 5.47. The number of carbonyl (C=O) groups is 1. The number of hydrogen-bond acceptors (Lipinski definition) is 4. The Morgan fingerprint density at radius 3 is 2.42 bits per heavy atom. The zero-order valence-electron chi connectivity index (χ0n) is 11.9. The number of carbonyl (C=O) groups excluding carboxylic acids is 1. The first-order valence-corrected chi connectivity index (χ1v) is 6.76. The number of rotatable bonds is 2. The third kappa shape index (κ3) is 2.97. The average molecular weight is 262 g/mol. The second-order valence-corrected chi connectivity index (χ2v) is 5.31. The normalized spacial score (nSPS) is 16.0. The van der Waals surface area contributed by atoms with Gasteiger partial charge in [-0.15, -0.1) is 0 Å². The molecule has 0 radical (unpaired) electrons. The molecule has 0 bridgehead atoms. The Balaban J connectivity index is 2.00. The molecule has 2 heterocycles. The van der Waals surface area contributed by atoms with Gasteiger partial charge in [0.15, 0.2) is 0 Å². The molecule has 2 rings (SSSR count). The molecular formula is C14H22N4O. The van der Waals surface area contributed by atoms with Crippen LogP contribution in [0.3, 0.4) is 0 Å². The van der Waals surface area contributed by atoms with E-state index in [0.29, 0.717) is 0 Å². The van der Waals surface area contributed by atoms with Crippen molar-refractivity contribution in [2.24, 2.45) is 5.92 Å². The molecule has 1 amide bonds. The highest BCUT2D eigenvalue weighted by Crippen LogP contribution is 2.18. The molecule has 5 heteroatoms. The summed E-state index contributed by atoms with van der Waals surface area (Å²) < 4.78 is 0. The maximum Gasteiger partial charge on any atom is 0.225 e.